The SMILES string of the molecule is NCc1cccc2cnc(Cc3ccccc3F)n12. The highest BCUT2D eigenvalue weighted by atomic mass is 19.1. The summed E-state index contributed by atoms with van der Waals surface area (Å²) in [7, 11) is 0. The third-order valence-electron chi connectivity index (χ3n) is 3.22. The first-order valence-corrected chi connectivity index (χ1v) is 6.17. The fourth-order valence-corrected chi connectivity index (χ4v) is 2.28. The molecule has 1 aromatic carbocycles. The maximum absolute atomic E-state index is 13.7. The Morgan fingerprint density at radius 1 is 1.11 bits per heavy atom. The van der Waals surface area contributed by atoms with Gasteiger partial charge in [0.2, 0.25) is 0 Å². The molecule has 0 bridgehead atoms. The van der Waals surface area contributed by atoms with Crippen LogP contribution in [0.3, 0.4) is 0 Å². The Morgan fingerprint density at radius 3 is 2.74 bits per heavy atom. The summed E-state index contributed by atoms with van der Waals surface area (Å²) in [4.78, 5) is 4.38. The zero-order valence-electron chi connectivity index (χ0n) is 10.4. The quantitative estimate of drug-likeness (QED) is 0.781. The lowest BCUT2D eigenvalue weighted by atomic mass is 10.1. The van der Waals surface area contributed by atoms with Crippen LogP contribution in [0.4, 0.5) is 4.39 Å². The van der Waals surface area contributed by atoms with Crippen molar-refractivity contribution in [3.8, 4) is 0 Å². The van der Waals surface area contributed by atoms with Crippen molar-refractivity contribution in [1.29, 1.82) is 0 Å². The third-order valence-corrected chi connectivity index (χ3v) is 3.22. The number of fused-ring (bicyclic) bond motifs is 1. The van der Waals surface area contributed by atoms with Gasteiger partial charge in [0.15, 0.2) is 0 Å². The molecular formula is C15H14FN3. The summed E-state index contributed by atoms with van der Waals surface area (Å²) < 4.78 is 15.7. The summed E-state index contributed by atoms with van der Waals surface area (Å²) in [5, 5.41) is 0. The van der Waals surface area contributed by atoms with Gasteiger partial charge in [0.1, 0.15) is 11.6 Å². The molecule has 0 atom stereocenters. The van der Waals surface area contributed by atoms with Crippen molar-refractivity contribution >= 4 is 5.52 Å². The fourth-order valence-electron chi connectivity index (χ4n) is 2.28. The van der Waals surface area contributed by atoms with Gasteiger partial charge < -0.3 is 5.73 Å². The summed E-state index contributed by atoms with van der Waals surface area (Å²) in [6.07, 6.45) is 2.24. The lowest BCUT2D eigenvalue weighted by Gasteiger charge is -2.07. The predicted octanol–water partition coefficient (Wildman–Crippen LogP) is 2.52. The van der Waals surface area contributed by atoms with Gasteiger partial charge in [-0.3, -0.25) is 4.40 Å². The topological polar surface area (TPSA) is 43.3 Å². The second-order valence-corrected chi connectivity index (χ2v) is 4.42. The van der Waals surface area contributed by atoms with Gasteiger partial charge in [0.25, 0.3) is 0 Å². The van der Waals surface area contributed by atoms with Crippen LogP contribution in [0.2, 0.25) is 0 Å². The van der Waals surface area contributed by atoms with Crippen LogP contribution < -0.4 is 5.73 Å². The van der Waals surface area contributed by atoms with Crippen LogP contribution in [-0.4, -0.2) is 9.38 Å². The van der Waals surface area contributed by atoms with E-state index in [9.17, 15) is 4.39 Å². The van der Waals surface area contributed by atoms with Gasteiger partial charge in [-0.25, -0.2) is 9.37 Å². The molecule has 0 aliphatic rings. The van der Waals surface area contributed by atoms with E-state index in [1.165, 1.54) is 6.07 Å². The molecule has 0 unspecified atom stereocenters. The number of rotatable bonds is 3. The molecule has 0 aliphatic heterocycles. The highest BCUT2D eigenvalue weighted by Gasteiger charge is 2.09. The number of benzene rings is 1. The number of hydrogen-bond donors (Lipinski definition) is 1. The van der Waals surface area contributed by atoms with Crippen LogP contribution in [0.5, 0.6) is 0 Å². The molecule has 0 spiro atoms. The molecular weight excluding hydrogens is 241 g/mol. The smallest absolute Gasteiger partial charge is 0.126 e. The molecule has 0 saturated heterocycles. The lowest BCUT2D eigenvalue weighted by Crippen LogP contribution is -2.07. The minimum absolute atomic E-state index is 0.204. The van der Waals surface area contributed by atoms with Gasteiger partial charge in [-0.15, -0.1) is 0 Å². The highest BCUT2D eigenvalue weighted by molar-refractivity contribution is 5.48. The molecule has 2 heterocycles. The van der Waals surface area contributed by atoms with Gasteiger partial charge in [-0.05, 0) is 23.8 Å². The number of pyridine rings is 1. The van der Waals surface area contributed by atoms with Crippen LogP contribution in [-0.2, 0) is 13.0 Å². The van der Waals surface area contributed by atoms with Crippen molar-refractivity contribution < 1.29 is 4.39 Å². The normalized spacial score (nSPS) is 11.1. The summed E-state index contributed by atoms with van der Waals surface area (Å²) >= 11 is 0. The van der Waals surface area contributed by atoms with E-state index in [1.807, 2.05) is 28.7 Å². The Balaban J connectivity index is 2.09. The minimum Gasteiger partial charge on any atom is -0.325 e. The predicted molar refractivity (Wildman–Crippen MR) is 72.3 cm³/mol. The molecule has 96 valence electrons. The number of imidazole rings is 1. The second-order valence-electron chi connectivity index (χ2n) is 4.42. The van der Waals surface area contributed by atoms with Crippen LogP contribution in [0.1, 0.15) is 17.1 Å². The third kappa shape index (κ3) is 2.11. The van der Waals surface area contributed by atoms with Crippen LogP contribution in [0, 0.1) is 5.82 Å². The molecule has 3 rings (SSSR count). The fraction of sp³-hybridized carbons (Fsp3) is 0.133. The number of nitrogens with two attached hydrogens (primary N) is 1. The second kappa shape index (κ2) is 4.82. The van der Waals surface area contributed by atoms with Gasteiger partial charge in [0, 0.05) is 18.7 Å². The van der Waals surface area contributed by atoms with E-state index >= 15 is 0 Å². The molecule has 2 N–H and O–H groups in total. The number of halogens is 1. The highest BCUT2D eigenvalue weighted by Crippen LogP contribution is 2.16. The molecule has 0 fully saturated rings. The molecule has 19 heavy (non-hydrogen) atoms. The molecule has 0 saturated carbocycles. The Bertz CT molecular complexity index is 718. The molecule has 0 amide bonds. The summed E-state index contributed by atoms with van der Waals surface area (Å²) in [6.45, 7) is 0.429. The summed E-state index contributed by atoms with van der Waals surface area (Å²) in [6, 6.07) is 12.6. The molecule has 2 aromatic heterocycles. The summed E-state index contributed by atoms with van der Waals surface area (Å²) in [5.74, 6) is 0.602. The largest absolute Gasteiger partial charge is 0.325 e. The van der Waals surface area contributed by atoms with E-state index in [0.717, 1.165) is 17.0 Å². The molecule has 3 nitrogen and oxygen atoms in total. The Morgan fingerprint density at radius 2 is 1.95 bits per heavy atom. The lowest BCUT2D eigenvalue weighted by molar-refractivity contribution is 0.611. The van der Waals surface area contributed by atoms with E-state index in [0.29, 0.717) is 18.5 Å². The maximum Gasteiger partial charge on any atom is 0.126 e. The van der Waals surface area contributed by atoms with Gasteiger partial charge in [-0.1, -0.05) is 24.3 Å². The number of nitrogens with zero attached hydrogens (tertiary/aromatic N) is 2. The molecule has 0 radical (unpaired) electrons. The maximum atomic E-state index is 13.7. The van der Waals surface area contributed by atoms with Gasteiger partial charge >= 0.3 is 0 Å². The zero-order valence-corrected chi connectivity index (χ0v) is 10.4. The minimum atomic E-state index is -0.204. The van der Waals surface area contributed by atoms with Crippen LogP contribution in [0.25, 0.3) is 5.52 Å². The molecule has 3 aromatic rings. The first-order valence-electron chi connectivity index (χ1n) is 6.17. The van der Waals surface area contributed by atoms with Crippen molar-refractivity contribution in [2.24, 2.45) is 5.73 Å². The average molecular weight is 255 g/mol. The molecule has 0 aliphatic carbocycles. The van der Waals surface area contributed by atoms with Crippen molar-refractivity contribution in [1.82, 2.24) is 9.38 Å². The van der Waals surface area contributed by atoms with Crippen molar-refractivity contribution in [3.05, 3.63) is 71.6 Å². The van der Waals surface area contributed by atoms with E-state index in [1.54, 1.807) is 18.3 Å². The van der Waals surface area contributed by atoms with Crippen molar-refractivity contribution in [2.45, 2.75) is 13.0 Å². The first kappa shape index (κ1) is 11.9. The average Bonchev–Trinajstić information content (AvgIpc) is 2.85. The van der Waals surface area contributed by atoms with Gasteiger partial charge in [0.05, 0.1) is 11.7 Å². The summed E-state index contributed by atoms with van der Waals surface area (Å²) in [5.41, 5.74) is 8.34. The first-order chi connectivity index (χ1) is 9.29. The van der Waals surface area contributed by atoms with Crippen molar-refractivity contribution in [3.63, 3.8) is 0 Å². The van der Waals surface area contributed by atoms with E-state index in [4.69, 9.17) is 5.73 Å². The Kier molecular flexibility index (Phi) is 3.01. The van der Waals surface area contributed by atoms with E-state index in [2.05, 4.69) is 4.98 Å². The number of hydrogen-bond acceptors (Lipinski definition) is 2. The van der Waals surface area contributed by atoms with Crippen LogP contribution in [0.15, 0.2) is 48.7 Å². The Hall–Kier alpha value is -2.20. The monoisotopic (exact) mass is 255 g/mol. The number of aromatic nitrogens is 2. The Labute approximate surface area is 110 Å². The van der Waals surface area contributed by atoms with E-state index < -0.39 is 0 Å². The van der Waals surface area contributed by atoms with Crippen molar-refractivity contribution in [2.75, 3.05) is 0 Å². The molecule has 4 heteroatoms. The zero-order chi connectivity index (χ0) is 13.2. The van der Waals surface area contributed by atoms with Crippen LogP contribution >= 0.6 is 0 Å². The standard InChI is InChI=1S/C15H14FN3/c16-14-7-2-1-4-11(14)8-15-18-10-13-6-3-5-12(9-17)19(13)15/h1-7,10H,8-9,17H2. The van der Waals surface area contributed by atoms with E-state index in [-0.39, 0.29) is 5.82 Å². The van der Waals surface area contributed by atoms with Gasteiger partial charge in [-0.2, -0.15) is 0 Å².